The minimum atomic E-state index is -0.541. The van der Waals surface area contributed by atoms with Gasteiger partial charge in [0.1, 0.15) is 12.2 Å². The highest BCUT2D eigenvalue weighted by atomic mass is 16.6. The molecule has 2 bridgehead atoms. The summed E-state index contributed by atoms with van der Waals surface area (Å²) in [6.45, 7) is 7.92. The number of amides is 4. The highest BCUT2D eigenvalue weighted by Crippen LogP contribution is 2.67. The molecule has 0 N–H and O–H groups in total. The lowest BCUT2D eigenvalue weighted by Crippen LogP contribution is -2.83. The molecule has 0 radical (unpaired) electrons. The van der Waals surface area contributed by atoms with Crippen LogP contribution in [-0.2, 0) is 16.1 Å². The minimum absolute atomic E-state index is 0.0210. The molecule has 3 aliphatic carbocycles. The van der Waals surface area contributed by atoms with Crippen molar-refractivity contribution in [1.82, 2.24) is 19.6 Å². The van der Waals surface area contributed by atoms with Gasteiger partial charge in [0, 0.05) is 33.2 Å². The molecule has 3 saturated carbocycles. The molecule has 5 fully saturated rings. The Morgan fingerprint density at radius 1 is 1.09 bits per heavy atom. The number of hydrogen-bond acceptors (Lipinski definition) is 5. The van der Waals surface area contributed by atoms with Crippen LogP contribution in [0.1, 0.15) is 45.6 Å². The summed E-state index contributed by atoms with van der Waals surface area (Å²) in [5.74, 6) is 0. The molecular weight excluding hydrogens is 436 g/mol. The zero-order valence-electron chi connectivity index (χ0n) is 20.5. The maximum atomic E-state index is 13.2. The van der Waals surface area contributed by atoms with Crippen molar-refractivity contribution in [3.63, 3.8) is 0 Å². The lowest BCUT2D eigenvalue weighted by molar-refractivity contribution is -0.199. The lowest BCUT2D eigenvalue weighted by atomic mass is 9.43. The summed E-state index contributed by atoms with van der Waals surface area (Å²) in [5.41, 5.74) is 0.0111. The van der Waals surface area contributed by atoms with Gasteiger partial charge in [-0.05, 0) is 45.6 Å². The third-order valence-corrected chi connectivity index (χ3v) is 7.74. The van der Waals surface area contributed by atoms with E-state index in [1.807, 2.05) is 60.9 Å². The molecule has 9 nitrogen and oxygen atoms in total. The number of piperazine rings is 1. The van der Waals surface area contributed by atoms with Gasteiger partial charge in [-0.15, -0.1) is 0 Å². The van der Waals surface area contributed by atoms with E-state index in [0.29, 0.717) is 26.2 Å². The van der Waals surface area contributed by atoms with Crippen LogP contribution in [0, 0.1) is 0 Å². The van der Waals surface area contributed by atoms with Crippen LogP contribution >= 0.6 is 0 Å². The predicted molar refractivity (Wildman–Crippen MR) is 124 cm³/mol. The normalized spacial score (nSPS) is 29.7. The Balaban J connectivity index is 1.15. The van der Waals surface area contributed by atoms with E-state index in [0.717, 1.165) is 24.8 Å². The number of ether oxygens (including phenoxy) is 2. The first-order chi connectivity index (χ1) is 16.0. The van der Waals surface area contributed by atoms with Crippen LogP contribution < -0.4 is 0 Å². The van der Waals surface area contributed by atoms with Crippen LogP contribution in [0.2, 0.25) is 0 Å². The SMILES string of the molecule is CN(C(=O)OCc1ccccc1)C12CC(N3C[C@@H]4CN(C(=O)OC(C)(C)C)CCN4C3=O)(C1)C2. The average Bonchev–Trinajstić information content (AvgIpc) is 3.05. The molecule has 0 aromatic heterocycles. The summed E-state index contributed by atoms with van der Waals surface area (Å²) < 4.78 is 11.0. The van der Waals surface area contributed by atoms with Crippen LogP contribution in [0.15, 0.2) is 30.3 Å². The predicted octanol–water partition coefficient (Wildman–Crippen LogP) is 3.29. The molecule has 184 valence electrons. The molecule has 34 heavy (non-hydrogen) atoms. The third-order valence-electron chi connectivity index (χ3n) is 7.74. The van der Waals surface area contributed by atoms with Gasteiger partial charge >= 0.3 is 18.2 Å². The third kappa shape index (κ3) is 3.75. The molecule has 4 amide bonds. The summed E-state index contributed by atoms with van der Waals surface area (Å²) in [6.07, 6.45) is 1.69. The van der Waals surface area contributed by atoms with Crippen LogP contribution in [0.5, 0.6) is 0 Å². The van der Waals surface area contributed by atoms with Crippen molar-refractivity contribution in [2.24, 2.45) is 0 Å². The van der Waals surface area contributed by atoms with Crippen LogP contribution in [0.25, 0.3) is 0 Å². The van der Waals surface area contributed by atoms with Gasteiger partial charge in [-0.2, -0.15) is 0 Å². The van der Waals surface area contributed by atoms with Gasteiger partial charge in [-0.25, -0.2) is 14.4 Å². The molecule has 1 aromatic rings. The summed E-state index contributed by atoms with van der Waals surface area (Å²) in [7, 11) is 1.80. The number of hydrogen-bond donors (Lipinski definition) is 0. The second-order valence-electron chi connectivity index (χ2n) is 11.2. The van der Waals surface area contributed by atoms with E-state index in [4.69, 9.17) is 9.47 Å². The monoisotopic (exact) mass is 470 g/mol. The molecule has 2 heterocycles. The van der Waals surface area contributed by atoms with Crippen molar-refractivity contribution in [2.45, 2.75) is 69.4 Å². The van der Waals surface area contributed by atoms with Crippen molar-refractivity contribution in [2.75, 3.05) is 33.2 Å². The average molecular weight is 471 g/mol. The van der Waals surface area contributed by atoms with E-state index >= 15 is 0 Å². The minimum Gasteiger partial charge on any atom is -0.445 e. The van der Waals surface area contributed by atoms with Crippen LogP contribution in [0.4, 0.5) is 14.4 Å². The topological polar surface area (TPSA) is 82.6 Å². The standard InChI is InChI=1S/C25H34N4O5/c1-23(2,3)34-22(32)27-10-11-28-19(12-27)13-29(20(28)30)25-15-24(16-25,17-25)26(4)21(31)33-14-18-8-6-5-7-9-18/h5-9,19H,10-17H2,1-4H3/t19-,24?,25?/m0/s1. The van der Waals surface area contributed by atoms with Crippen molar-refractivity contribution >= 4 is 18.2 Å². The molecule has 0 unspecified atom stereocenters. The Kier molecular flexibility index (Phi) is 5.22. The zero-order valence-corrected chi connectivity index (χ0v) is 20.5. The number of benzene rings is 1. The van der Waals surface area contributed by atoms with Crippen molar-refractivity contribution in [3.05, 3.63) is 35.9 Å². The van der Waals surface area contributed by atoms with Gasteiger partial charge in [-0.1, -0.05) is 30.3 Å². The van der Waals surface area contributed by atoms with Gasteiger partial charge in [0.15, 0.2) is 0 Å². The first-order valence-electron chi connectivity index (χ1n) is 12.0. The highest BCUT2D eigenvalue weighted by Gasteiger charge is 2.75. The molecule has 1 aromatic carbocycles. The van der Waals surface area contributed by atoms with Gasteiger partial charge in [0.2, 0.25) is 0 Å². The first kappa shape index (κ1) is 22.8. The number of urea groups is 1. The quantitative estimate of drug-likeness (QED) is 0.675. The largest absolute Gasteiger partial charge is 0.445 e. The maximum Gasteiger partial charge on any atom is 0.410 e. The van der Waals surface area contributed by atoms with Crippen molar-refractivity contribution < 1.29 is 23.9 Å². The van der Waals surface area contributed by atoms with Crippen LogP contribution in [-0.4, -0.2) is 93.8 Å². The van der Waals surface area contributed by atoms with E-state index in [9.17, 15) is 14.4 Å². The summed E-state index contributed by atoms with van der Waals surface area (Å²) in [5, 5.41) is 0. The van der Waals surface area contributed by atoms with Crippen molar-refractivity contribution in [1.29, 1.82) is 0 Å². The zero-order chi connectivity index (χ0) is 24.3. The van der Waals surface area contributed by atoms with Gasteiger partial charge in [0.05, 0.1) is 17.1 Å². The highest BCUT2D eigenvalue weighted by molar-refractivity contribution is 5.80. The summed E-state index contributed by atoms with van der Waals surface area (Å²) >= 11 is 0. The lowest BCUT2D eigenvalue weighted by Gasteiger charge is -2.74. The fourth-order valence-corrected chi connectivity index (χ4v) is 5.93. The van der Waals surface area contributed by atoms with E-state index in [-0.39, 0.29) is 41.9 Å². The molecule has 0 spiro atoms. The Bertz CT molecular complexity index is 971. The number of carbonyl (C=O) groups is 3. The Morgan fingerprint density at radius 3 is 2.41 bits per heavy atom. The second kappa shape index (κ2) is 7.78. The molecule has 1 atom stereocenters. The van der Waals surface area contributed by atoms with Gasteiger partial charge in [0.25, 0.3) is 0 Å². The number of rotatable bonds is 4. The fraction of sp³-hybridized carbons (Fsp3) is 0.640. The molecule has 5 aliphatic rings. The first-order valence-corrected chi connectivity index (χ1v) is 12.0. The molecule has 6 rings (SSSR count). The summed E-state index contributed by atoms with van der Waals surface area (Å²) in [4.78, 5) is 45.6. The van der Waals surface area contributed by atoms with Gasteiger partial charge in [-0.3, -0.25) is 0 Å². The molecule has 2 saturated heterocycles. The second-order valence-corrected chi connectivity index (χ2v) is 11.2. The fourth-order valence-electron chi connectivity index (χ4n) is 5.93. The summed E-state index contributed by atoms with van der Waals surface area (Å²) in [6, 6.07) is 9.67. The van der Waals surface area contributed by atoms with E-state index in [2.05, 4.69) is 0 Å². The van der Waals surface area contributed by atoms with Crippen molar-refractivity contribution in [3.8, 4) is 0 Å². The number of nitrogens with zero attached hydrogens (tertiary/aromatic N) is 4. The Labute approximate surface area is 200 Å². The van der Waals surface area contributed by atoms with Crippen LogP contribution in [0.3, 0.4) is 0 Å². The van der Waals surface area contributed by atoms with E-state index < -0.39 is 5.60 Å². The number of carbonyl (C=O) groups excluding carboxylic acids is 3. The smallest absolute Gasteiger partial charge is 0.410 e. The Hall–Kier alpha value is -2.97. The molecule has 9 heteroatoms. The molecular formula is C25H34N4O5. The number of fused-ring (bicyclic) bond motifs is 1. The molecule has 2 aliphatic heterocycles. The van der Waals surface area contributed by atoms with Gasteiger partial charge < -0.3 is 29.1 Å². The Morgan fingerprint density at radius 2 is 1.76 bits per heavy atom. The van der Waals surface area contributed by atoms with E-state index in [1.54, 1.807) is 16.8 Å². The van der Waals surface area contributed by atoms with E-state index in [1.165, 1.54) is 0 Å². The maximum absolute atomic E-state index is 13.2.